The molecule has 2 aromatic heterocycles. The van der Waals surface area contributed by atoms with Gasteiger partial charge < -0.3 is 5.32 Å². The second-order valence-corrected chi connectivity index (χ2v) is 5.72. The lowest BCUT2D eigenvalue weighted by atomic mass is 10.1. The number of carbonyl (C=O) groups is 1. The third-order valence-corrected chi connectivity index (χ3v) is 3.98. The van der Waals surface area contributed by atoms with E-state index in [-0.39, 0.29) is 5.91 Å². The van der Waals surface area contributed by atoms with Gasteiger partial charge in [-0.15, -0.1) is 0 Å². The molecule has 122 valence electrons. The second-order valence-electron chi connectivity index (χ2n) is 5.72. The number of nitrogens with one attached hydrogen (secondary N) is 1. The molecule has 3 aromatic rings. The number of aryl methyl sites for hydroxylation is 2. The third-order valence-electron chi connectivity index (χ3n) is 3.98. The fourth-order valence-corrected chi connectivity index (χ4v) is 2.68. The first-order chi connectivity index (χ1) is 11.6. The smallest absolute Gasteiger partial charge is 0.225 e. The Morgan fingerprint density at radius 1 is 1.12 bits per heavy atom. The summed E-state index contributed by atoms with van der Waals surface area (Å²) in [4.78, 5) is 16.3. The zero-order chi connectivity index (χ0) is 16.9. The van der Waals surface area contributed by atoms with Crippen LogP contribution in [-0.4, -0.2) is 20.7 Å². The monoisotopic (exact) mass is 320 g/mol. The number of aromatic nitrogens is 3. The summed E-state index contributed by atoms with van der Waals surface area (Å²) in [6, 6.07) is 13.8. The summed E-state index contributed by atoms with van der Waals surface area (Å²) < 4.78 is 1.72. The van der Waals surface area contributed by atoms with E-state index in [2.05, 4.69) is 15.4 Å². The van der Waals surface area contributed by atoms with Crippen LogP contribution in [0.25, 0.3) is 11.3 Å². The summed E-state index contributed by atoms with van der Waals surface area (Å²) in [5.41, 5.74) is 4.01. The first-order valence-electron chi connectivity index (χ1n) is 7.93. The molecule has 1 amide bonds. The second kappa shape index (κ2) is 7.08. The topological polar surface area (TPSA) is 59.8 Å². The average Bonchev–Trinajstić information content (AvgIpc) is 2.90. The highest BCUT2D eigenvalue weighted by atomic mass is 16.1. The van der Waals surface area contributed by atoms with Crippen molar-refractivity contribution in [1.29, 1.82) is 0 Å². The Morgan fingerprint density at radius 3 is 2.54 bits per heavy atom. The van der Waals surface area contributed by atoms with Crippen LogP contribution in [0, 0.1) is 6.92 Å². The molecule has 0 atom stereocenters. The van der Waals surface area contributed by atoms with Gasteiger partial charge in [-0.2, -0.15) is 5.10 Å². The van der Waals surface area contributed by atoms with E-state index in [0.717, 1.165) is 28.2 Å². The molecule has 0 saturated carbocycles. The lowest BCUT2D eigenvalue weighted by Crippen LogP contribution is -2.15. The van der Waals surface area contributed by atoms with Crippen LogP contribution in [0.3, 0.4) is 0 Å². The highest BCUT2D eigenvalue weighted by molar-refractivity contribution is 5.91. The Bertz CT molecular complexity index is 825. The van der Waals surface area contributed by atoms with Crippen LogP contribution >= 0.6 is 0 Å². The number of nitrogens with zero attached hydrogens (tertiary/aromatic N) is 3. The van der Waals surface area contributed by atoms with Crippen LogP contribution in [-0.2, 0) is 18.3 Å². The molecular formula is C19H20N4O. The minimum atomic E-state index is -0.0162. The molecule has 0 bridgehead atoms. The van der Waals surface area contributed by atoms with Crippen LogP contribution in [0.1, 0.15) is 17.5 Å². The largest absolute Gasteiger partial charge is 0.311 e. The number of benzene rings is 1. The maximum atomic E-state index is 12.3. The zero-order valence-corrected chi connectivity index (χ0v) is 13.9. The summed E-state index contributed by atoms with van der Waals surface area (Å²) in [7, 11) is 1.85. The van der Waals surface area contributed by atoms with Crippen molar-refractivity contribution in [3.05, 3.63) is 66.0 Å². The van der Waals surface area contributed by atoms with Crippen molar-refractivity contribution in [2.24, 2.45) is 7.05 Å². The molecule has 0 aliphatic carbocycles. The predicted octanol–water partition coefficient (Wildman–Crippen LogP) is 3.36. The fraction of sp³-hybridized carbons (Fsp3) is 0.211. The van der Waals surface area contributed by atoms with Gasteiger partial charge in [-0.1, -0.05) is 30.3 Å². The maximum absolute atomic E-state index is 12.3. The van der Waals surface area contributed by atoms with Crippen LogP contribution in [0.2, 0.25) is 0 Å². The normalized spacial score (nSPS) is 10.6. The number of hydrogen-bond donors (Lipinski definition) is 1. The van der Waals surface area contributed by atoms with E-state index in [1.54, 1.807) is 17.1 Å². The number of hydrogen-bond acceptors (Lipinski definition) is 3. The molecule has 0 radical (unpaired) electrons. The lowest BCUT2D eigenvalue weighted by molar-refractivity contribution is -0.116. The van der Waals surface area contributed by atoms with E-state index in [4.69, 9.17) is 0 Å². The van der Waals surface area contributed by atoms with Crippen molar-refractivity contribution in [2.75, 3.05) is 5.32 Å². The van der Waals surface area contributed by atoms with E-state index < -0.39 is 0 Å². The first-order valence-corrected chi connectivity index (χ1v) is 7.93. The van der Waals surface area contributed by atoms with E-state index >= 15 is 0 Å². The van der Waals surface area contributed by atoms with E-state index in [1.165, 1.54) is 0 Å². The Balaban J connectivity index is 1.71. The predicted molar refractivity (Wildman–Crippen MR) is 94.6 cm³/mol. The van der Waals surface area contributed by atoms with E-state index in [0.29, 0.717) is 12.8 Å². The molecule has 5 nitrogen and oxygen atoms in total. The zero-order valence-electron chi connectivity index (χ0n) is 13.9. The van der Waals surface area contributed by atoms with Gasteiger partial charge in [-0.05, 0) is 31.0 Å². The summed E-state index contributed by atoms with van der Waals surface area (Å²) >= 11 is 0. The van der Waals surface area contributed by atoms with Gasteiger partial charge >= 0.3 is 0 Å². The molecule has 0 saturated heterocycles. The first kappa shape index (κ1) is 15.9. The Hall–Kier alpha value is -2.95. The third kappa shape index (κ3) is 3.51. The number of pyridine rings is 1. The lowest BCUT2D eigenvalue weighted by Gasteiger charge is -2.07. The standard InChI is InChI=1S/C19H20N4O/c1-14-18(16-6-4-3-5-7-16)22-23(2)19(14)21-17(24)9-8-15-10-12-20-13-11-15/h3-7,10-13H,8-9H2,1-2H3,(H,21,24). The van der Waals surface area contributed by atoms with Gasteiger partial charge in [0.2, 0.25) is 5.91 Å². The molecule has 5 heteroatoms. The SMILES string of the molecule is Cc1c(-c2ccccc2)nn(C)c1NC(=O)CCc1ccncc1. The van der Waals surface area contributed by atoms with Crippen molar-refractivity contribution in [3.63, 3.8) is 0 Å². The number of carbonyl (C=O) groups excluding carboxylic acids is 1. The highest BCUT2D eigenvalue weighted by Gasteiger charge is 2.15. The van der Waals surface area contributed by atoms with E-state index in [1.807, 2.05) is 56.4 Å². The summed E-state index contributed by atoms with van der Waals surface area (Å²) in [6.45, 7) is 1.98. The summed E-state index contributed by atoms with van der Waals surface area (Å²) in [5.74, 6) is 0.728. The van der Waals surface area contributed by atoms with Crippen molar-refractivity contribution in [1.82, 2.24) is 14.8 Å². The van der Waals surface area contributed by atoms with Crippen LogP contribution in [0.15, 0.2) is 54.9 Å². The van der Waals surface area contributed by atoms with Crippen molar-refractivity contribution in [2.45, 2.75) is 19.8 Å². The minimum Gasteiger partial charge on any atom is -0.311 e. The van der Waals surface area contributed by atoms with Gasteiger partial charge in [-0.3, -0.25) is 14.5 Å². The Morgan fingerprint density at radius 2 is 1.83 bits per heavy atom. The van der Waals surface area contributed by atoms with Crippen LogP contribution in [0.5, 0.6) is 0 Å². The Labute approximate surface area is 141 Å². The quantitative estimate of drug-likeness (QED) is 0.784. The molecule has 0 aliphatic rings. The molecule has 0 aliphatic heterocycles. The molecule has 0 spiro atoms. The molecular weight excluding hydrogens is 300 g/mol. The fourth-order valence-electron chi connectivity index (χ4n) is 2.68. The van der Waals surface area contributed by atoms with Crippen molar-refractivity contribution >= 4 is 11.7 Å². The molecule has 3 rings (SSSR count). The maximum Gasteiger partial charge on any atom is 0.225 e. The number of rotatable bonds is 5. The van der Waals surface area contributed by atoms with Gasteiger partial charge in [0, 0.05) is 37.0 Å². The van der Waals surface area contributed by atoms with Gasteiger partial charge in [-0.25, -0.2) is 0 Å². The van der Waals surface area contributed by atoms with Gasteiger partial charge in [0.15, 0.2) is 0 Å². The molecule has 1 N–H and O–H groups in total. The van der Waals surface area contributed by atoms with Crippen LogP contribution < -0.4 is 5.32 Å². The molecule has 24 heavy (non-hydrogen) atoms. The summed E-state index contributed by atoms with van der Waals surface area (Å²) in [5, 5.41) is 7.53. The van der Waals surface area contributed by atoms with Gasteiger partial charge in [0.1, 0.15) is 5.82 Å². The number of anilines is 1. The molecule has 0 unspecified atom stereocenters. The van der Waals surface area contributed by atoms with Crippen LogP contribution in [0.4, 0.5) is 5.82 Å². The van der Waals surface area contributed by atoms with Crippen molar-refractivity contribution in [3.8, 4) is 11.3 Å². The molecule has 0 fully saturated rings. The molecule has 1 aromatic carbocycles. The summed E-state index contributed by atoms with van der Waals surface area (Å²) in [6.07, 6.45) is 4.60. The average molecular weight is 320 g/mol. The highest BCUT2D eigenvalue weighted by Crippen LogP contribution is 2.27. The number of amides is 1. The minimum absolute atomic E-state index is 0.0162. The molecule has 2 heterocycles. The van der Waals surface area contributed by atoms with Gasteiger partial charge in [0.25, 0.3) is 0 Å². The van der Waals surface area contributed by atoms with Crippen molar-refractivity contribution < 1.29 is 4.79 Å². The Kier molecular flexibility index (Phi) is 4.70. The van der Waals surface area contributed by atoms with E-state index in [9.17, 15) is 4.79 Å². The van der Waals surface area contributed by atoms with Gasteiger partial charge in [0.05, 0.1) is 5.69 Å².